The van der Waals surface area contributed by atoms with Gasteiger partial charge in [-0.1, -0.05) is 6.92 Å². The van der Waals surface area contributed by atoms with Crippen molar-refractivity contribution in [1.82, 2.24) is 19.6 Å². The molecule has 2 aliphatic heterocycles. The molecule has 0 bridgehead atoms. The maximum Gasteiger partial charge on any atom is 0.223 e. The zero-order valence-electron chi connectivity index (χ0n) is 16.2. The average molecular weight is 474 g/mol. The lowest BCUT2D eigenvalue weighted by atomic mass is 9.94. The number of hydrogen-bond donors (Lipinski definition) is 1. The van der Waals surface area contributed by atoms with Crippen LogP contribution in [0, 0.1) is 18.8 Å². The number of nitrogens with two attached hydrogens (primary N) is 1. The van der Waals surface area contributed by atoms with E-state index in [0.29, 0.717) is 18.9 Å². The Balaban J connectivity index is 0.00000243. The molecule has 1 amide bonds. The summed E-state index contributed by atoms with van der Waals surface area (Å²) in [6.45, 7) is 6.86. The smallest absolute Gasteiger partial charge is 0.223 e. The zero-order valence-corrected chi connectivity index (χ0v) is 18.5. The number of aryl methyl sites for hydroxylation is 1. The topological polar surface area (TPSA) is 79.8 Å². The van der Waals surface area contributed by atoms with Crippen LogP contribution >= 0.6 is 24.0 Å². The Labute approximate surface area is 173 Å². The fourth-order valence-corrected chi connectivity index (χ4v) is 3.93. The van der Waals surface area contributed by atoms with Crippen LogP contribution in [-0.2, 0) is 11.8 Å². The number of carbonyl (C=O) groups is 1. The van der Waals surface area contributed by atoms with Crippen LogP contribution in [0.5, 0.6) is 0 Å². The molecule has 2 saturated heterocycles. The summed E-state index contributed by atoms with van der Waals surface area (Å²) in [6.07, 6.45) is 4.72. The highest BCUT2D eigenvalue weighted by Gasteiger charge is 2.39. The molecule has 0 spiro atoms. The second-order valence-corrected chi connectivity index (χ2v) is 7.59. The van der Waals surface area contributed by atoms with E-state index in [1.165, 1.54) is 12.8 Å². The number of guanidine groups is 1. The zero-order chi connectivity index (χ0) is 18.1. The van der Waals surface area contributed by atoms with Crippen LogP contribution in [0.3, 0.4) is 0 Å². The molecule has 0 radical (unpaired) electrons. The van der Waals surface area contributed by atoms with E-state index in [-0.39, 0.29) is 41.8 Å². The van der Waals surface area contributed by atoms with Gasteiger partial charge in [-0.15, -0.1) is 24.0 Å². The third-order valence-electron chi connectivity index (χ3n) is 5.88. The minimum absolute atomic E-state index is 0. The van der Waals surface area contributed by atoms with E-state index in [4.69, 9.17) is 5.73 Å². The quantitative estimate of drug-likeness (QED) is 0.413. The molecular formula is C18H31IN6O. The van der Waals surface area contributed by atoms with Crippen molar-refractivity contribution in [3.63, 3.8) is 0 Å². The molecule has 1 aromatic heterocycles. The van der Waals surface area contributed by atoms with Gasteiger partial charge in [-0.2, -0.15) is 5.10 Å². The minimum Gasteiger partial charge on any atom is -0.370 e. The van der Waals surface area contributed by atoms with Crippen molar-refractivity contribution in [1.29, 1.82) is 0 Å². The average Bonchev–Trinajstić information content (AvgIpc) is 3.06. The predicted octanol–water partition coefficient (Wildman–Crippen LogP) is 1.91. The number of rotatable bonds is 3. The Bertz CT molecular complexity index is 665. The van der Waals surface area contributed by atoms with E-state index in [9.17, 15) is 4.79 Å². The highest BCUT2D eigenvalue weighted by atomic mass is 127. The van der Waals surface area contributed by atoms with Crippen LogP contribution < -0.4 is 5.73 Å². The van der Waals surface area contributed by atoms with Crippen LogP contribution in [0.2, 0.25) is 0 Å². The van der Waals surface area contributed by atoms with E-state index in [1.54, 1.807) is 0 Å². The van der Waals surface area contributed by atoms with E-state index >= 15 is 0 Å². The molecule has 0 aliphatic carbocycles. The highest BCUT2D eigenvalue weighted by Crippen LogP contribution is 2.38. The summed E-state index contributed by atoms with van der Waals surface area (Å²) in [4.78, 5) is 20.9. The van der Waals surface area contributed by atoms with Gasteiger partial charge in [-0.05, 0) is 25.7 Å². The first kappa shape index (κ1) is 21.0. The number of hydrogen-bond acceptors (Lipinski definition) is 3. The molecule has 3 rings (SSSR count). The first-order chi connectivity index (χ1) is 11.9. The number of amides is 1. The summed E-state index contributed by atoms with van der Waals surface area (Å²) >= 11 is 0. The molecule has 26 heavy (non-hydrogen) atoms. The number of aromatic nitrogens is 2. The van der Waals surface area contributed by atoms with E-state index in [2.05, 4.69) is 21.9 Å². The lowest BCUT2D eigenvalue weighted by Gasteiger charge is -2.31. The normalized spacial score (nSPS) is 24.9. The van der Waals surface area contributed by atoms with Gasteiger partial charge < -0.3 is 15.5 Å². The Morgan fingerprint density at radius 3 is 2.58 bits per heavy atom. The van der Waals surface area contributed by atoms with Gasteiger partial charge in [0.15, 0.2) is 5.96 Å². The van der Waals surface area contributed by atoms with Gasteiger partial charge in [0, 0.05) is 57.3 Å². The highest BCUT2D eigenvalue weighted by molar-refractivity contribution is 14.0. The summed E-state index contributed by atoms with van der Waals surface area (Å²) in [5.41, 5.74) is 8.43. The summed E-state index contributed by atoms with van der Waals surface area (Å²) < 4.78 is 1.86. The third kappa shape index (κ3) is 4.15. The molecule has 0 aromatic carbocycles. The number of aliphatic imine (C=N–C) groups is 1. The van der Waals surface area contributed by atoms with Crippen molar-refractivity contribution < 1.29 is 4.79 Å². The van der Waals surface area contributed by atoms with Crippen LogP contribution in [0.15, 0.2) is 11.2 Å². The molecule has 2 aliphatic rings. The van der Waals surface area contributed by atoms with Crippen LogP contribution in [0.4, 0.5) is 0 Å². The van der Waals surface area contributed by atoms with Gasteiger partial charge in [0.05, 0.1) is 12.2 Å². The van der Waals surface area contributed by atoms with Crippen LogP contribution in [0.1, 0.15) is 43.5 Å². The molecular weight excluding hydrogens is 443 g/mol. The third-order valence-corrected chi connectivity index (χ3v) is 5.88. The maximum absolute atomic E-state index is 12.3. The number of carbonyl (C=O) groups excluding carboxylic acids is 1. The molecule has 2 fully saturated rings. The summed E-state index contributed by atoms with van der Waals surface area (Å²) in [5.74, 6) is 1.69. The lowest BCUT2D eigenvalue weighted by molar-refractivity contribution is -0.127. The van der Waals surface area contributed by atoms with Gasteiger partial charge in [0.1, 0.15) is 0 Å². The summed E-state index contributed by atoms with van der Waals surface area (Å²) in [5, 5.41) is 4.34. The molecule has 0 unspecified atom stereocenters. The maximum atomic E-state index is 12.3. The van der Waals surface area contributed by atoms with Gasteiger partial charge in [0.25, 0.3) is 0 Å². The van der Waals surface area contributed by atoms with E-state index in [0.717, 1.165) is 30.3 Å². The van der Waals surface area contributed by atoms with Gasteiger partial charge >= 0.3 is 0 Å². The number of likely N-dealkylation sites (tertiary alicyclic amines) is 2. The summed E-state index contributed by atoms with van der Waals surface area (Å²) in [7, 11) is 3.80. The van der Waals surface area contributed by atoms with Gasteiger partial charge in [-0.25, -0.2) is 0 Å². The Morgan fingerprint density at radius 1 is 1.35 bits per heavy atom. The second-order valence-electron chi connectivity index (χ2n) is 7.59. The summed E-state index contributed by atoms with van der Waals surface area (Å²) in [6, 6.07) is 0.0270. The van der Waals surface area contributed by atoms with Crippen LogP contribution in [0.25, 0.3) is 0 Å². The molecule has 0 saturated carbocycles. The van der Waals surface area contributed by atoms with E-state index in [1.807, 2.05) is 36.8 Å². The molecule has 2 atom stereocenters. The fraction of sp³-hybridized carbons (Fsp3) is 0.722. The van der Waals surface area contributed by atoms with Crippen molar-refractivity contribution >= 4 is 35.8 Å². The minimum atomic E-state index is 0. The van der Waals surface area contributed by atoms with Gasteiger partial charge in [0.2, 0.25) is 5.91 Å². The molecule has 8 heteroatoms. The molecule has 146 valence electrons. The number of nitrogens with zero attached hydrogens (tertiary/aromatic N) is 5. The molecule has 2 N–H and O–H groups in total. The van der Waals surface area contributed by atoms with Gasteiger partial charge in [-0.3, -0.25) is 14.5 Å². The van der Waals surface area contributed by atoms with Crippen molar-refractivity contribution in [3.8, 4) is 0 Å². The van der Waals surface area contributed by atoms with Crippen molar-refractivity contribution in [2.45, 2.75) is 39.2 Å². The van der Waals surface area contributed by atoms with Crippen molar-refractivity contribution in [2.75, 3.05) is 26.7 Å². The Kier molecular flexibility index (Phi) is 6.92. The Morgan fingerprint density at radius 2 is 2.00 bits per heavy atom. The predicted molar refractivity (Wildman–Crippen MR) is 113 cm³/mol. The molecule has 7 nitrogen and oxygen atoms in total. The largest absolute Gasteiger partial charge is 0.370 e. The van der Waals surface area contributed by atoms with Crippen LogP contribution in [-0.4, -0.2) is 58.1 Å². The fourth-order valence-electron chi connectivity index (χ4n) is 3.93. The second kappa shape index (κ2) is 8.58. The first-order valence-corrected chi connectivity index (χ1v) is 9.17. The number of piperidine rings is 1. The molecule has 1 aromatic rings. The molecule has 3 heterocycles. The van der Waals surface area contributed by atoms with E-state index < -0.39 is 0 Å². The Hall–Kier alpha value is -1.32. The first-order valence-electron chi connectivity index (χ1n) is 9.17. The lowest BCUT2D eigenvalue weighted by Crippen LogP contribution is -2.42. The monoisotopic (exact) mass is 474 g/mol. The van der Waals surface area contributed by atoms with Crippen molar-refractivity contribution in [3.05, 3.63) is 17.5 Å². The standard InChI is InChI=1S/C18H30N6O.HI/c1-12-5-7-24(8-6-12)18(19)20-10-14-9-16(25)22(3)17(14)15-11-21-23(4)13(15)2;/h11-12,14,17H,5-10H2,1-4H3,(H2,19,20);1H/t14-,17+;/m0./s1. The van der Waals surface area contributed by atoms with Crippen molar-refractivity contribution in [2.24, 2.45) is 29.6 Å². The number of halogens is 1. The SMILES string of the molecule is Cc1c([C@H]2[C@H](CN=C(N)N3CCC(C)CC3)CC(=O)N2C)cnn1C.I.